The molecule has 1 nitrogen and oxygen atoms in total. The van der Waals surface area contributed by atoms with E-state index < -0.39 is 0 Å². The molecule has 25 heavy (non-hydrogen) atoms. The molecule has 0 aliphatic carbocycles. The van der Waals surface area contributed by atoms with Gasteiger partial charge >= 0.3 is 0 Å². The Morgan fingerprint density at radius 2 is 1.36 bits per heavy atom. The molecule has 0 radical (unpaired) electrons. The van der Waals surface area contributed by atoms with Crippen LogP contribution in [0.4, 0.5) is 11.4 Å². The zero-order valence-electron chi connectivity index (χ0n) is 14.2. The van der Waals surface area contributed by atoms with Crippen molar-refractivity contribution in [2.75, 3.05) is 11.9 Å². The van der Waals surface area contributed by atoms with Crippen LogP contribution in [0.25, 0.3) is 10.8 Å². The number of nitrogens with zero attached hydrogens (tertiary/aromatic N) is 1. The number of para-hydroxylation sites is 1. The Kier molecular flexibility index (Phi) is 3.14. The Bertz CT molecular complexity index is 1070. The summed E-state index contributed by atoms with van der Waals surface area (Å²) in [5.41, 5.74) is 6.72. The van der Waals surface area contributed by atoms with Gasteiger partial charge in [-0.25, -0.2) is 0 Å². The second-order valence-electron chi connectivity index (χ2n) is 6.69. The molecule has 1 heteroatoms. The summed E-state index contributed by atoms with van der Waals surface area (Å²) < 4.78 is 0. The van der Waals surface area contributed by atoms with Crippen molar-refractivity contribution in [3.05, 3.63) is 108 Å². The Morgan fingerprint density at radius 1 is 0.640 bits per heavy atom. The summed E-state index contributed by atoms with van der Waals surface area (Å²) in [5, 5.41) is 2.61. The summed E-state index contributed by atoms with van der Waals surface area (Å²) in [7, 11) is 2.19. The monoisotopic (exact) mass is 321 g/mol. The lowest BCUT2D eigenvalue weighted by atomic mass is 9.79. The first kappa shape index (κ1) is 14.3. The highest BCUT2D eigenvalue weighted by atomic mass is 15.1. The third-order valence-electron chi connectivity index (χ3n) is 5.32. The lowest BCUT2D eigenvalue weighted by Gasteiger charge is -2.36. The minimum Gasteiger partial charge on any atom is -0.344 e. The summed E-state index contributed by atoms with van der Waals surface area (Å²) in [6, 6.07) is 32.9. The van der Waals surface area contributed by atoms with Crippen molar-refractivity contribution in [3.63, 3.8) is 0 Å². The molecule has 5 rings (SSSR count). The van der Waals surface area contributed by atoms with Gasteiger partial charge in [0, 0.05) is 24.0 Å². The first-order valence-corrected chi connectivity index (χ1v) is 8.74. The Hall–Kier alpha value is -3.06. The summed E-state index contributed by atoms with van der Waals surface area (Å²) in [6.45, 7) is 0. The molecule has 4 aromatic rings. The second-order valence-corrected chi connectivity index (χ2v) is 6.69. The fourth-order valence-electron chi connectivity index (χ4n) is 4.21. The van der Waals surface area contributed by atoms with E-state index in [2.05, 4.69) is 103 Å². The molecule has 0 bridgehead atoms. The van der Waals surface area contributed by atoms with Gasteiger partial charge in [-0.2, -0.15) is 0 Å². The van der Waals surface area contributed by atoms with Crippen LogP contribution in [0.3, 0.4) is 0 Å². The van der Waals surface area contributed by atoms with Crippen LogP contribution in [-0.2, 0) is 0 Å². The smallest absolute Gasteiger partial charge is 0.0530 e. The highest BCUT2D eigenvalue weighted by molar-refractivity contribution is 6.00. The van der Waals surface area contributed by atoms with E-state index in [1.54, 1.807) is 0 Å². The zero-order chi connectivity index (χ0) is 16.8. The quantitative estimate of drug-likeness (QED) is 0.409. The van der Waals surface area contributed by atoms with E-state index in [1.807, 2.05) is 0 Å². The molecule has 1 aliphatic rings. The van der Waals surface area contributed by atoms with Crippen molar-refractivity contribution in [2.24, 2.45) is 0 Å². The molecule has 0 fully saturated rings. The van der Waals surface area contributed by atoms with Gasteiger partial charge in [-0.1, -0.05) is 84.9 Å². The van der Waals surface area contributed by atoms with E-state index in [1.165, 1.54) is 38.8 Å². The summed E-state index contributed by atoms with van der Waals surface area (Å²) in [4.78, 5) is 2.35. The van der Waals surface area contributed by atoms with E-state index in [4.69, 9.17) is 0 Å². The van der Waals surface area contributed by atoms with Gasteiger partial charge in [0.05, 0.1) is 5.69 Å². The lowest BCUT2D eigenvalue weighted by Crippen LogP contribution is -2.22. The van der Waals surface area contributed by atoms with Crippen LogP contribution >= 0.6 is 0 Å². The van der Waals surface area contributed by atoms with Crippen LogP contribution in [0.2, 0.25) is 0 Å². The second kappa shape index (κ2) is 5.49. The van der Waals surface area contributed by atoms with Gasteiger partial charge in [0.15, 0.2) is 0 Å². The molecule has 1 heterocycles. The summed E-state index contributed by atoms with van der Waals surface area (Å²) in [6.07, 6.45) is 0. The lowest BCUT2D eigenvalue weighted by molar-refractivity contribution is 0.931. The maximum atomic E-state index is 2.35. The molecule has 0 spiro atoms. The topological polar surface area (TPSA) is 3.24 Å². The maximum Gasteiger partial charge on any atom is 0.0530 e. The molecule has 4 aromatic carbocycles. The SMILES string of the molecule is CN1c2ccccc2C(c2ccccc2)c2ccc3ccccc3c21. The molecule has 120 valence electrons. The van der Waals surface area contributed by atoms with Crippen molar-refractivity contribution >= 4 is 22.1 Å². The zero-order valence-corrected chi connectivity index (χ0v) is 14.2. The number of fused-ring (bicyclic) bond motifs is 4. The predicted molar refractivity (Wildman–Crippen MR) is 106 cm³/mol. The molecule has 1 atom stereocenters. The molecule has 0 saturated heterocycles. The third-order valence-corrected chi connectivity index (χ3v) is 5.32. The van der Waals surface area contributed by atoms with Gasteiger partial charge in [-0.15, -0.1) is 0 Å². The van der Waals surface area contributed by atoms with E-state index in [0.717, 1.165) is 0 Å². The predicted octanol–water partition coefficient (Wildman–Crippen LogP) is 6.10. The first-order valence-electron chi connectivity index (χ1n) is 8.74. The molecule has 0 aromatic heterocycles. The first-order chi connectivity index (χ1) is 12.3. The van der Waals surface area contributed by atoms with Crippen LogP contribution in [-0.4, -0.2) is 7.05 Å². The van der Waals surface area contributed by atoms with Crippen molar-refractivity contribution in [1.82, 2.24) is 0 Å². The van der Waals surface area contributed by atoms with E-state index >= 15 is 0 Å². The van der Waals surface area contributed by atoms with Gasteiger partial charge in [-0.05, 0) is 28.1 Å². The van der Waals surface area contributed by atoms with E-state index in [0.29, 0.717) is 0 Å². The van der Waals surface area contributed by atoms with Crippen molar-refractivity contribution < 1.29 is 0 Å². The number of hydrogen-bond donors (Lipinski definition) is 0. The van der Waals surface area contributed by atoms with Gasteiger partial charge in [0.25, 0.3) is 0 Å². The normalized spacial score (nSPS) is 15.7. The standard InChI is InChI=1S/C24H19N/c1-25-22-14-8-7-13-20(22)23(18-10-3-2-4-11-18)21-16-15-17-9-5-6-12-19(17)24(21)25/h2-16,23H,1H3. The highest BCUT2D eigenvalue weighted by Crippen LogP contribution is 2.49. The van der Waals surface area contributed by atoms with Gasteiger partial charge in [-0.3, -0.25) is 0 Å². The Labute approximate surface area is 148 Å². The highest BCUT2D eigenvalue weighted by Gasteiger charge is 2.30. The fraction of sp³-hybridized carbons (Fsp3) is 0.0833. The minimum atomic E-state index is 0.271. The van der Waals surface area contributed by atoms with Gasteiger partial charge in [0.1, 0.15) is 0 Å². The van der Waals surface area contributed by atoms with Gasteiger partial charge < -0.3 is 4.90 Å². The number of anilines is 2. The largest absolute Gasteiger partial charge is 0.344 e. The molecule has 1 unspecified atom stereocenters. The average molecular weight is 321 g/mol. The molecule has 0 N–H and O–H groups in total. The van der Waals surface area contributed by atoms with Crippen LogP contribution < -0.4 is 4.90 Å². The van der Waals surface area contributed by atoms with E-state index in [-0.39, 0.29) is 5.92 Å². The van der Waals surface area contributed by atoms with Crippen molar-refractivity contribution in [3.8, 4) is 0 Å². The summed E-state index contributed by atoms with van der Waals surface area (Å²) >= 11 is 0. The van der Waals surface area contributed by atoms with Crippen molar-refractivity contribution in [1.29, 1.82) is 0 Å². The number of hydrogen-bond acceptors (Lipinski definition) is 1. The minimum absolute atomic E-state index is 0.271. The van der Waals surface area contributed by atoms with E-state index in [9.17, 15) is 0 Å². The van der Waals surface area contributed by atoms with Crippen LogP contribution in [0.1, 0.15) is 22.6 Å². The van der Waals surface area contributed by atoms with Crippen LogP contribution in [0.15, 0.2) is 91.0 Å². The molecular weight excluding hydrogens is 302 g/mol. The fourth-order valence-corrected chi connectivity index (χ4v) is 4.21. The summed E-state index contributed by atoms with van der Waals surface area (Å²) in [5.74, 6) is 0.271. The number of benzene rings is 4. The Balaban J connectivity index is 1.88. The third kappa shape index (κ3) is 2.09. The average Bonchev–Trinajstić information content (AvgIpc) is 2.68. The molecule has 1 aliphatic heterocycles. The van der Waals surface area contributed by atoms with Crippen molar-refractivity contribution in [2.45, 2.75) is 5.92 Å². The molecule has 0 saturated carbocycles. The van der Waals surface area contributed by atoms with Crippen LogP contribution in [0, 0.1) is 0 Å². The maximum absolute atomic E-state index is 2.35. The molecule has 0 amide bonds. The number of rotatable bonds is 1. The van der Waals surface area contributed by atoms with Crippen LogP contribution in [0.5, 0.6) is 0 Å². The Morgan fingerprint density at radius 3 is 2.24 bits per heavy atom. The van der Waals surface area contributed by atoms with Gasteiger partial charge in [0.2, 0.25) is 0 Å². The molecular formula is C24H19N.